The van der Waals surface area contributed by atoms with Gasteiger partial charge in [-0.3, -0.25) is 0 Å². The second-order valence-corrected chi connectivity index (χ2v) is 3.28. The van der Waals surface area contributed by atoms with Crippen LogP contribution in [0.15, 0.2) is 12.7 Å². The Labute approximate surface area is 93.7 Å². The number of hydrogen-bond acceptors (Lipinski definition) is 5. The normalized spacial score (nSPS) is 10.9. The summed E-state index contributed by atoms with van der Waals surface area (Å²) >= 11 is 0. The first kappa shape index (κ1) is 10.8. The van der Waals surface area contributed by atoms with Crippen molar-refractivity contribution in [3.63, 3.8) is 0 Å². The first-order chi connectivity index (χ1) is 7.86. The molecule has 1 N–H and O–H groups in total. The fraction of sp³-hybridized carbons (Fsp3) is 0.500. The summed E-state index contributed by atoms with van der Waals surface area (Å²) in [4.78, 5) is 12.6. The fourth-order valence-corrected chi connectivity index (χ4v) is 1.53. The van der Waals surface area contributed by atoms with Gasteiger partial charge in [-0.1, -0.05) is 0 Å². The summed E-state index contributed by atoms with van der Waals surface area (Å²) in [5.74, 6) is 0.750. The van der Waals surface area contributed by atoms with Gasteiger partial charge in [0.15, 0.2) is 11.5 Å². The fourth-order valence-electron chi connectivity index (χ4n) is 1.53. The van der Waals surface area contributed by atoms with Crippen molar-refractivity contribution in [2.75, 3.05) is 25.6 Å². The minimum absolute atomic E-state index is 0.668. The van der Waals surface area contributed by atoms with Gasteiger partial charge in [0.1, 0.15) is 11.8 Å². The van der Waals surface area contributed by atoms with E-state index in [0.29, 0.717) is 6.61 Å². The van der Waals surface area contributed by atoms with Crippen LogP contribution in [0.1, 0.15) is 6.92 Å². The lowest BCUT2D eigenvalue weighted by Gasteiger charge is -2.04. The number of ether oxygens (including phenoxy) is 1. The Morgan fingerprint density at radius 2 is 2.25 bits per heavy atom. The summed E-state index contributed by atoms with van der Waals surface area (Å²) in [6, 6.07) is 0. The molecule has 0 amide bonds. The number of hydrogen-bond donors (Lipinski definition) is 1. The molecule has 0 fully saturated rings. The molecular formula is C10H15N5O. The topological polar surface area (TPSA) is 64.9 Å². The summed E-state index contributed by atoms with van der Waals surface area (Å²) in [6.07, 6.45) is 3.30. The number of fused-ring (bicyclic) bond motifs is 1. The largest absolute Gasteiger partial charge is 0.380 e. The molecule has 0 aliphatic heterocycles. The minimum Gasteiger partial charge on any atom is -0.380 e. The Bertz CT molecular complexity index is 467. The van der Waals surface area contributed by atoms with E-state index in [0.717, 1.165) is 30.1 Å². The lowest BCUT2D eigenvalue weighted by Crippen LogP contribution is -2.05. The van der Waals surface area contributed by atoms with E-state index in [1.54, 1.807) is 6.33 Å². The highest BCUT2D eigenvalue weighted by atomic mass is 16.5. The first-order valence-corrected chi connectivity index (χ1v) is 5.28. The molecule has 0 atom stereocenters. The molecule has 2 aromatic heterocycles. The molecule has 2 rings (SSSR count). The third kappa shape index (κ3) is 1.96. The number of rotatable bonds is 5. The maximum Gasteiger partial charge on any atom is 0.165 e. The van der Waals surface area contributed by atoms with Crippen molar-refractivity contribution in [3.05, 3.63) is 12.7 Å². The molecule has 0 saturated carbocycles. The molecule has 2 heterocycles. The van der Waals surface area contributed by atoms with Gasteiger partial charge in [-0.05, 0) is 6.92 Å². The number of imidazole rings is 1. The van der Waals surface area contributed by atoms with Crippen LogP contribution in [0.3, 0.4) is 0 Å². The first-order valence-electron chi connectivity index (χ1n) is 5.28. The van der Waals surface area contributed by atoms with E-state index in [1.807, 2.05) is 18.5 Å². The van der Waals surface area contributed by atoms with Crippen LogP contribution in [0.4, 0.5) is 5.82 Å². The van der Waals surface area contributed by atoms with Crippen LogP contribution >= 0.6 is 0 Å². The lowest BCUT2D eigenvalue weighted by atomic mass is 10.5. The molecule has 0 radical (unpaired) electrons. The van der Waals surface area contributed by atoms with Crippen molar-refractivity contribution < 1.29 is 4.74 Å². The molecule has 0 spiro atoms. The van der Waals surface area contributed by atoms with E-state index < -0.39 is 0 Å². The van der Waals surface area contributed by atoms with Gasteiger partial charge < -0.3 is 14.6 Å². The third-order valence-corrected chi connectivity index (χ3v) is 2.32. The molecule has 0 aliphatic carbocycles. The summed E-state index contributed by atoms with van der Waals surface area (Å²) in [5, 5.41) is 2.99. The molecular weight excluding hydrogens is 206 g/mol. The zero-order valence-electron chi connectivity index (χ0n) is 9.47. The summed E-state index contributed by atoms with van der Waals surface area (Å²) < 4.78 is 7.27. The van der Waals surface area contributed by atoms with Crippen LogP contribution in [0.5, 0.6) is 0 Å². The number of nitrogens with zero attached hydrogens (tertiary/aromatic N) is 4. The Hall–Kier alpha value is -1.69. The zero-order chi connectivity index (χ0) is 11.4. The molecule has 16 heavy (non-hydrogen) atoms. The zero-order valence-corrected chi connectivity index (χ0v) is 9.47. The van der Waals surface area contributed by atoms with E-state index in [4.69, 9.17) is 4.74 Å². The Morgan fingerprint density at radius 3 is 3.00 bits per heavy atom. The highest BCUT2D eigenvalue weighted by Gasteiger charge is 2.08. The molecule has 2 aromatic rings. The average Bonchev–Trinajstić information content (AvgIpc) is 2.73. The smallest absolute Gasteiger partial charge is 0.165 e. The second kappa shape index (κ2) is 4.89. The molecule has 0 aromatic carbocycles. The van der Waals surface area contributed by atoms with Crippen LogP contribution in [0.2, 0.25) is 0 Å². The average molecular weight is 221 g/mol. The van der Waals surface area contributed by atoms with Gasteiger partial charge in [0, 0.05) is 20.2 Å². The summed E-state index contributed by atoms with van der Waals surface area (Å²) in [5.41, 5.74) is 1.63. The van der Waals surface area contributed by atoms with E-state index in [1.165, 1.54) is 6.33 Å². The maximum atomic E-state index is 5.30. The SMILES string of the molecule is CCOCCn1cnc2c(NC)ncnc21. The quantitative estimate of drug-likeness (QED) is 0.760. The van der Waals surface area contributed by atoms with Crippen molar-refractivity contribution in [2.45, 2.75) is 13.5 Å². The minimum atomic E-state index is 0.668. The van der Waals surface area contributed by atoms with Crippen molar-refractivity contribution in [3.8, 4) is 0 Å². The standard InChI is InChI=1S/C10H15N5O/c1-3-16-5-4-15-7-14-8-9(11-2)12-6-13-10(8)15/h6-7H,3-5H2,1-2H3,(H,11,12,13). The molecule has 6 heteroatoms. The molecule has 0 aliphatic rings. The van der Waals surface area contributed by atoms with Gasteiger partial charge in [-0.2, -0.15) is 0 Å². The van der Waals surface area contributed by atoms with Gasteiger partial charge in [0.2, 0.25) is 0 Å². The molecule has 86 valence electrons. The predicted molar refractivity (Wildman–Crippen MR) is 61.4 cm³/mol. The van der Waals surface area contributed by atoms with Gasteiger partial charge in [-0.15, -0.1) is 0 Å². The van der Waals surface area contributed by atoms with Crippen LogP contribution < -0.4 is 5.32 Å². The van der Waals surface area contributed by atoms with E-state index >= 15 is 0 Å². The van der Waals surface area contributed by atoms with Crippen LogP contribution in [-0.4, -0.2) is 39.8 Å². The Kier molecular flexibility index (Phi) is 3.31. The lowest BCUT2D eigenvalue weighted by molar-refractivity contribution is 0.139. The molecule has 0 unspecified atom stereocenters. The van der Waals surface area contributed by atoms with Gasteiger partial charge in [0.25, 0.3) is 0 Å². The number of aromatic nitrogens is 4. The Balaban J connectivity index is 2.27. The van der Waals surface area contributed by atoms with Crippen LogP contribution in [0.25, 0.3) is 11.2 Å². The van der Waals surface area contributed by atoms with Crippen LogP contribution in [0, 0.1) is 0 Å². The predicted octanol–water partition coefficient (Wildman–Crippen LogP) is 0.904. The van der Waals surface area contributed by atoms with Gasteiger partial charge >= 0.3 is 0 Å². The van der Waals surface area contributed by atoms with Gasteiger partial charge in [-0.25, -0.2) is 15.0 Å². The summed E-state index contributed by atoms with van der Waals surface area (Å²) in [6.45, 7) is 4.13. The van der Waals surface area contributed by atoms with E-state index in [-0.39, 0.29) is 0 Å². The highest BCUT2D eigenvalue weighted by molar-refractivity contribution is 5.82. The number of anilines is 1. The maximum absolute atomic E-state index is 5.30. The van der Waals surface area contributed by atoms with Gasteiger partial charge in [0.05, 0.1) is 12.9 Å². The van der Waals surface area contributed by atoms with Crippen molar-refractivity contribution in [1.82, 2.24) is 19.5 Å². The second-order valence-electron chi connectivity index (χ2n) is 3.28. The highest BCUT2D eigenvalue weighted by Crippen LogP contribution is 2.16. The Morgan fingerprint density at radius 1 is 1.38 bits per heavy atom. The van der Waals surface area contributed by atoms with E-state index in [2.05, 4.69) is 20.3 Å². The number of nitrogens with one attached hydrogen (secondary N) is 1. The summed E-state index contributed by atoms with van der Waals surface area (Å²) in [7, 11) is 1.82. The van der Waals surface area contributed by atoms with Crippen molar-refractivity contribution in [2.24, 2.45) is 0 Å². The van der Waals surface area contributed by atoms with Crippen LogP contribution in [-0.2, 0) is 11.3 Å². The third-order valence-electron chi connectivity index (χ3n) is 2.32. The van der Waals surface area contributed by atoms with Crippen molar-refractivity contribution >= 4 is 17.0 Å². The molecule has 0 bridgehead atoms. The monoisotopic (exact) mass is 221 g/mol. The molecule has 6 nitrogen and oxygen atoms in total. The molecule has 0 saturated heterocycles. The van der Waals surface area contributed by atoms with Crippen molar-refractivity contribution in [1.29, 1.82) is 0 Å². The van der Waals surface area contributed by atoms with E-state index in [9.17, 15) is 0 Å².